The van der Waals surface area contributed by atoms with E-state index in [1.807, 2.05) is 11.8 Å². The summed E-state index contributed by atoms with van der Waals surface area (Å²) >= 11 is 1.87. The molecule has 1 atom stereocenters. The Morgan fingerprint density at radius 1 is 1.18 bits per heavy atom. The van der Waals surface area contributed by atoms with Crippen LogP contribution in [0.2, 0.25) is 0 Å². The Balaban J connectivity index is 2.55. The molecule has 0 spiro atoms. The highest BCUT2D eigenvalue weighted by Gasteiger charge is 2.08. The fourth-order valence-electron chi connectivity index (χ4n) is 1.91. The Bertz CT molecular complexity index is 298. The molecule has 2 nitrogen and oxygen atoms in total. The normalized spacial score (nSPS) is 12.6. The van der Waals surface area contributed by atoms with Gasteiger partial charge in [-0.2, -0.15) is 0 Å². The van der Waals surface area contributed by atoms with E-state index in [9.17, 15) is 0 Å². The fourth-order valence-corrected chi connectivity index (χ4v) is 2.57. The predicted molar refractivity (Wildman–Crippen MR) is 77.0 cm³/mol. The Morgan fingerprint density at radius 3 is 2.41 bits per heavy atom. The number of unbranched alkanes of at least 4 members (excludes halogenated alkanes) is 2. The molecule has 0 aliphatic rings. The van der Waals surface area contributed by atoms with Gasteiger partial charge in [0, 0.05) is 10.9 Å². The first-order valence-corrected chi connectivity index (χ1v) is 7.49. The Labute approximate surface area is 109 Å². The zero-order chi connectivity index (χ0) is 12.5. The van der Waals surface area contributed by atoms with Crippen molar-refractivity contribution in [2.24, 2.45) is 5.84 Å². The number of hydrazine groups is 1. The van der Waals surface area contributed by atoms with E-state index in [1.54, 1.807) is 0 Å². The monoisotopic (exact) mass is 252 g/mol. The van der Waals surface area contributed by atoms with Crippen LogP contribution in [0.5, 0.6) is 0 Å². The van der Waals surface area contributed by atoms with E-state index in [4.69, 9.17) is 5.84 Å². The molecular weight excluding hydrogens is 228 g/mol. The molecule has 0 aromatic heterocycles. The average molecular weight is 252 g/mol. The molecule has 1 rings (SSSR count). The summed E-state index contributed by atoms with van der Waals surface area (Å²) in [7, 11) is 0. The first-order valence-electron chi connectivity index (χ1n) is 6.50. The molecule has 0 bridgehead atoms. The molecule has 0 saturated carbocycles. The molecule has 1 aromatic rings. The largest absolute Gasteiger partial charge is 0.271 e. The zero-order valence-corrected chi connectivity index (χ0v) is 11.7. The molecule has 17 heavy (non-hydrogen) atoms. The highest BCUT2D eigenvalue weighted by atomic mass is 32.2. The van der Waals surface area contributed by atoms with Crippen molar-refractivity contribution in [3.05, 3.63) is 29.8 Å². The minimum atomic E-state index is 0.294. The van der Waals surface area contributed by atoms with Crippen molar-refractivity contribution in [2.45, 2.75) is 50.5 Å². The van der Waals surface area contributed by atoms with Crippen LogP contribution in [0.25, 0.3) is 0 Å². The molecule has 0 radical (unpaired) electrons. The number of nitrogens with one attached hydrogen (secondary N) is 1. The molecule has 0 aliphatic heterocycles. The van der Waals surface area contributed by atoms with E-state index in [0.717, 1.165) is 12.2 Å². The smallest absolute Gasteiger partial charge is 0.0460 e. The van der Waals surface area contributed by atoms with Gasteiger partial charge in [-0.3, -0.25) is 11.3 Å². The molecule has 3 N–H and O–H groups in total. The van der Waals surface area contributed by atoms with Crippen LogP contribution in [0.3, 0.4) is 0 Å². The minimum absolute atomic E-state index is 0.294. The summed E-state index contributed by atoms with van der Waals surface area (Å²) in [5.74, 6) is 6.75. The van der Waals surface area contributed by atoms with Crippen molar-refractivity contribution in [2.75, 3.05) is 5.75 Å². The van der Waals surface area contributed by atoms with Crippen LogP contribution in [-0.2, 0) is 0 Å². The van der Waals surface area contributed by atoms with Gasteiger partial charge in [0.15, 0.2) is 0 Å². The Kier molecular flexibility index (Phi) is 7.33. The summed E-state index contributed by atoms with van der Waals surface area (Å²) in [5, 5.41) is 0. The number of rotatable bonds is 8. The van der Waals surface area contributed by atoms with Crippen LogP contribution in [0.4, 0.5) is 0 Å². The maximum absolute atomic E-state index is 5.63. The second-order valence-electron chi connectivity index (χ2n) is 4.22. The molecule has 1 unspecified atom stereocenters. The minimum Gasteiger partial charge on any atom is -0.271 e. The summed E-state index contributed by atoms with van der Waals surface area (Å²) in [6.07, 6.45) is 4.88. The standard InChI is InChI=1S/C14H24N2S/c1-3-5-6-7-14(16-15)12-8-10-13(11-9-12)17-4-2/h8-11,14,16H,3-7,15H2,1-2H3. The second-order valence-corrected chi connectivity index (χ2v) is 5.55. The highest BCUT2D eigenvalue weighted by molar-refractivity contribution is 7.99. The van der Waals surface area contributed by atoms with Gasteiger partial charge in [0.25, 0.3) is 0 Å². The lowest BCUT2D eigenvalue weighted by molar-refractivity contribution is 0.486. The van der Waals surface area contributed by atoms with Gasteiger partial charge >= 0.3 is 0 Å². The van der Waals surface area contributed by atoms with E-state index in [1.165, 1.54) is 29.7 Å². The highest BCUT2D eigenvalue weighted by Crippen LogP contribution is 2.23. The van der Waals surface area contributed by atoms with Gasteiger partial charge in [-0.1, -0.05) is 45.2 Å². The third kappa shape index (κ3) is 5.11. The van der Waals surface area contributed by atoms with Crippen molar-refractivity contribution < 1.29 is 0 Å². The summed E-state index contributed by atoms with van der Waals surface area (Å²) in [4.78, 5) is 1.33. The van der Waals surface area contributed by atoms with Gasteiger partial charge in [0.1, 0.15) is 0 Å². The number of nitrogens with two attached hydrogens (primary N) is 1. The third-order valence-corrected chi connectivity index (χ3v) is 3.79. The molecular formula is C14H24N2S. The van der Waals surface area contributed by atoms with E-state index < -0.39 is 0 Å². The van der Waals surface area contributed by atoms with Crippen LogP contribution in [0, 0.1) is 0 Å². The van der Waals surface area contributed by atoms with Crippen molar-refractivity contribution >= 4 is 11.8 Å². The van der Waals surface area contributed by atoms with Crippen molar-refractivity contribution in [3.63, 3.8) is 0 Å². The first kappa shape index (κ1) is 14.6. The Morgan fingerprint density at radius 2 is 1.88 bits per heavy atom. The molecule has 0 fully saturated rings. The number of hydrogen-bond acceptors (Lipinski definition) is 3. The molecule has 0 aliphatic carbocycles. The van der Waals surface area contributed by atoms with Gasteiger partial charge < -0.3 is 0 Å². The van der Waals surface area contributed by atoms with E-state index in [0.29, 0.717) is 6.04 Å². The molecule has 0 saturated heterocycles. The van der Waals surface area contributed by atoms with Crippen molar-refractivity contribution in [1.29, 1.82) is 0 Å². The quantitative estimate of drug-likeness (QED) is 0.319. The molecule has 0 heterocycles. The molecule has 1 aromatic carbocycles. The Hall–Kier alpha value is -0.510. The molecule has 0 amide bonds. The van der Waals surface area contributed by atoms with Crippen molar-refractivity contribution in [1.82, 2.24) is 5.43 Å². The van der Waals surface area contributed by atoms with Gasteiger partial charge in [0.05, 0.1) is 0 Å². The first-order chi connectivity index (χ1) is 8.31. The lowest BCUT2D eigenvalue weighted by Gasteiger charge is -2.16. The summed E-state index contributed by atoms with van der Waals surface area (Å²) in [5.41, 5.74) is 4.22. The van der Waals surface area contributed by atoms with Crippen LogP contribution in [-0.4, -0.2) is 5.75 Å². The molecule has 3 heteroatoms. The number of benzene rings is 1. The van der Waals surface area contributed by atoms with Crippen LogP contribution in [0.15, 0.2) is 29.2 Å². The van der Waals surface area contributed by atoms with Crippen LogP contribution < -0.4 is 11.3 Å². The summed E-state index contributed by atoms with van der Waals surface area (Å²) < 4.78 is 0. The van der Waals surface area contributed by atoms with E-state index in [-0.39, 0.29) is 0 Å². The maximum Gasteiger partial charge on any atom is 0.0460 e. The predicted octanol–water partition coefficient (Wildman–Crippen LogP) is 3.88. The molecule has 96 valence electrons. The number of hydrogen-bond donors (Lipinski definition) is 2. The van der Waals surface area contributed by atoms with Gasteiger partial charge in [-0.15, -0.1) is 11.8 Å². The second kappa shape index (κ2) is 8.56. The topological polar surface area (TPSA) is 38.0 Å². The maximum atomic E-state index is 5.63. The number of thioether (sulfide) groups is 1. The van der Waals surface area contributed by atoms with Gasteiger partial charge in [-0.25, -0.2) is 0 Å². The van der Waals surface area contributed by atoms with Crippen LogP contribution in [0.1, 0.15) is 51.1 Å². The summed E-state index contributed by atoms with van der Waals surface area (Å²) in [6.45, 7) is 4.40. The van der Waals surface area contributed by atoms with Gasteiger partial charge in [0.2, 0.25) is 0 Å². The lowest BCUT2D eigenvalue weighted by atomic mass is 10.0. The van der Waals surface area contributed by atoms with E-state index >= 15 is 0 Å². The van der Waals surface area contributed by atoms with Gasteiger partial charge in [-0.05, 0) is 29.9 Å². The zero-order valence-electron chi connectivity index (χ0n) is 10.9. The average Bonchev–Trinajstić information content (AvgIpc) is 2.36. The van der Waals surface area contributed by atoms with Crippen molar-refractivity contribution in [3.8, 4) is 0 Å². The third-order valence-electron chi connectivity index (χ3n) is 2.89. The SMILES string of the molecule is CCCCCC(NN)c1ccc(SCC)cc1. The lowest BCUT2D eigenvalue weighted by Crippen LogP contribution is -2.27. The van der Waals surface area contributed by atoms with Crippen LogP contribution >= 0.6 is 11.8 Å². The van der Waals surface area contributed by atoms with E-state index in [2.05, 4.69) is 43.5 Å². The summed E-state index contributed by atoms with van der Waals surface area (Å²) in [6, 6.07) is 9.05. The fraction of sp³-hybridized carbons (Fsp3) is 0.571.